The molecule has 0 heterocycles. The molecule has 2 amide bonds. The minimum atomic E-state index is -0.696. The second-order valence-corrected chi connectivity index (χ2v) is 3.32. The largest absolute Gasteiger partial charge is 0.364 e. The van der Waals surface area contributed by atoms with Gasteiger partial charge in [0.15, 0.2) is 0 Å². The fourth-order valence-electron chi connectivity index (χ4n) is 1.21. The smallest absolute Gasteiger partial charge is 0.265 e. The van der Waals surface area contributed by atoms with Crippen LogP contribution in [-0.2, 0) is 9.59 Å². The standard InChI is InChI=1S/C13H13N3O2/c1-15-11-7-5-10(6-8-11)3-2-4-12(13(14)18)16-9-17/h2-9H,1H2,(H2,14,18)(H,16,17)/b3-2-,12-4-. The molecule has 0 saturated heterocycles. The van der Waals surface area contributed by atoms with Crippen molar-refractivity contribution >= 4 is 30.8 Å². The number of rotatable bonds is 6. The summed E-state index contributed by atoms with van der Waals surface area (Å²) >= 11 is 0. The number of carbonyl (C=O) groups is 2. The number of nitrogens with one attached hydrogen (secondary N) is 1. The normalized spacial score (nSPS) is 11.2. The van der Waals surface area contributed by atoms with E-state index in [2.05, 4.69) is 17.0 Å². The third-order valence-corrected chi connectivity index (χ3v) is 2.11. The van der Waals surface area contributed by atoms with Gasteiger partial charge in [-0.05, 0) is 30.5 Å². The number of nitrogens with two attached hydrogens (primary N) is 1. The Hall–Kier alpha value is -2.69. The van der Waals surface area contributed by atoms with E-state index in [9.17, 15) is 9.59 Å². The molecule has 0 radical (unpaired) electrons. The van der Waals surface area contributed by atoms with Gasteiger partial charge in [0.1, 0.15) is 5.70 Å². The zero-order chi connectivity index (χ0) is 13.4. The van der Waals surface area contributed by atoms with Crippen molar-refractivity contribution in [2.24, 2.45) is 10.7 Å². The highest BCUT2D eigenvalue weighted by molar-refractivity contribution is 5.93. The van der Waals surface area contributed by atoms with Crippen LogP contribution < -0.4 is 11.1 Å². The number of primary amides is 1. The van der Waals surface area contributed by atoms with Crippen LogP contribution in [0.3, 0.4) is 0 Å². The Morgan fingerprint density at radius 3 is 2.50 bits per heavy atom. The summed E-state index contributed by atoms with van der Waals surface area (Å²) in [6.45, 7) is 3.42. The van der Waals surface area contributed by atoms with Crippen LogP contribution in [0.25, 0.3) is 6.08 Å². The number of hydrogen-bond acceptors (Lipinski definition) is 3. The van der Waals surface area contributed by atoms with Crippen molar-refractivity contribution in [1.82, 2.24) is 5.32 Å². The maximum absolute atomic E-state index is 10.9. The van der Waals surface area contributed by atoms with Crippen molar-refractivity contribution in [3.8, 4) is 0 Å². The van der Waals surface area contributed by atoms with Gasteiger partial charge in [0, 0.05) is 0 Å². The summed E-state index contributed by atoms with van der Waals surface area (Å²) in [6.07, 6.45) is 5.21. The van der Waals surface area contributed by atoms with Crippen LogP contribution in [0.5, 0.6) is 0 Å². The first kappa shape index (κ1) is 13.4. The SMILES string of the molecule is C=Nc1ccc(/C=C\C=C(/NC=O)C(N)=O)cc1. The third kappa shape index (κ3) is 4.05. The van der Waals surface area contributed by atoms with Gasteiger partial charge in [-0.15, -0.1) is 0 Å². The lowest BCUT2D eigenvalue weighted by atomic mass is 10.2. The summed E-state index contributed by atoms with van der Waals surface area (Å²) in [5.74, 6) is -0.696. The fourth-order valence-corrected chi connectivity index (χ4v) is 1.21. The highest BCUT2D eigenvalue weighted by atomic mass is 16.2. The second kappa shape index (κ2) is 6.80. The molecule has 0 aliphatic carbocycles. The van der Waals surface area contributed by atoms with Crippen LogP contribution in [0, 0.1) is 0 Å². The quantitative estimate of drug-likeness (QED) is 0.340. The fraction of sp³-hybridized carbons (Fsp3) is 0. The second-order valence-electron chi connectivity index (χ2n) is 3.32. The average Bonchev–Trinajstić information content (AvgIpc) is 2.38. The van der Waals surface area contributed by atoms with Gasteiger partial charge >= 0.3 is 0 Å². The monoisotopic (exact) mass is 243 g/mol. The molecule has 0 bridgehead atoms. The van der Waals surface area contributed by atoms with Gasteiger partial charge in [0.05, 0.1) is 5.69 Å². The van der Waals surface area contributed by atoms with E-state index in [-0.39, 0.29) is 5.70 Å². The molecular weight excluding hydrogens is 230 g/mol. The first-order valence-corrected chi connectivity index (χ1v) is 5.12. The summed E-state index contributed by atoms with van der Waals surface area (Å²) in [7, 11) is 0. The maximum atomic E-state index is 10.9. The number of allylic oxidation sites excluding steroid dienone is 2. The summed E-state index contributed by atoms with van der Waals surface area (Å²) in [4.78, 5) is 24.9. The van der Waals surface area contributed by atoms with Crippen molar-refractivity contribution in [3.05, 3.63) is 47.7 Å². The lowest BCUT2D eigenvalue weighted by molar-refractivity contribution is -0.117. The molecule has 92 valence electrons. The van der Waals surface area contributed by atoms with Gasteiger partial charge in [0.2, 0.25) is 6.41 Å². The molecule has 0 aliphatic heterocycles. The summed E-state index contributed by atoms with van der Waals surface area (Å²) < 4.78 is 0. The van der Waals surface area contributed by atoms with E-state index in [4.69, 9.17) is 5.73 Å². The molecule has 18 heavy (non-hydrogen) atoms. The lowest BCUT2D eigenvalue weighted by Gasteiger charge is -1.97. The predicted molar refractivity (Wildman–Crippen MR) is 71.2 cm³/mol. The van der Waals surface area contributed by atoms with E-state index >= 15 is 0 Å². The predicted octanol–water partition coefficient (Wildman–Crippen LogP) is 1.15. The van der Waals surface area contributed by atoms with Crippen LogP contribution in [0.2, 0.25) is 0 Å². The van der Waals surface area contributed by atoms with Gasteiger partial charge in [-0.1, -0.05) is 24.3 Å². The highest BCUT2D eigenvalue weighted by Gasteiger charge is 2.00. The number of benzene rings is 1. The average molecular weight is 243 g/mol. The number of hydrogen-bond donors (Lipinski definition) is 2. The molecule has 5 heteroatoms. The summed E-state index contributed by atoms with van der Waals surface area (Å²) in [5, 5.41) is 2.22. The van der Waals surface area contributed by atoms with Crippen LogP contribution in [0.1, 0.15) is 5.56 Å². The first-order chi connectivity index (χ1) is 8.67. The Morgan fingerprint density at radius 2 is 2.00 bits per heavy atom. The van der Waals surface area contributed by atoms with E-state index in [1.165, 1.54) is 6.08 Å². The molecule has 0 aromatic heterocycles. The van der Waals surface area contributed by atoms with Gasteiger partial charge in [0.25, 0.3) is 5.91 Å². The molecule has 0 unspecified atom stereocenters. The summed E-state index contributed by atoms with van der Waals surface area (Å²) in [5.41, 5.74) is 6.80. The molecule has 0 spiro atoms. The van der Waals surface area contributed by atoms with Crippen molar-refractivity contribution < 1.29 is 9.59 Å². The van der Waals surface area contributed by atoms with E-state index in [0.29, 0.717) is 6.41 Å². The van der Waals surface area contributed by atoms with Crippen molar-refractivity contribution in [3.63, 3.8) is 0 Å². The van der Waals surface area contributed by atoms with Crippen molar-refractivity contribution in [1.29, 1.82) is 0 Å². The topological polar surface area (TPSA) is 84.6 Å². The van der Waals surface area contributed by atoms with Gasteiger partial charge in [-0.25, -0.2) is 0 Å². The Kier molecular flexibility index (Phi) is 5.05. The molecule has 0 fully saturated rings. The van der Waals surface area contributed by atoms with Crippen LogP contribution in [0.15, 0.2) is 47.1 Å². The van der Waals surface area contributed by atoms with Gasteiger partial charge in [-0.2, -0.15) is 0 Å². The number of nitrogens with zero attached hydrogens (tertiary/aromatic N) is 1. The summed E-state index contributed by atoms with van der Waals surface area (Å²) in [6, 6.07) is 7.33. The minimum absolute atomic E-state index is 0.0330. The third-order valence-electron chi connectivity index (χ3n) is 2.11. The van der Waals surface area contributed by atoms with Crippen LogP contribution >= 0.6 is 0 Å². The molecule has 5 nitrogen and oxygen atoms in total. The zero-order valence-electron chi connectivity index (χ0n) is 9.67. The molecule has 1 aromatic carbocycles. The number of aliphatic imine (C=N–C) groups is 1. The minimum Gasteiger partial charge on any atom is -0.364 e. The first-order valence-electron chi connectivity index (χ1n) is 5.12. The lowest BCUT2D eigenvalue weighted by Crippen LogP contribution is -2.24. The van der Waals surface area contributed by atoms with E-state index < -0.39 is 5.91 Å². The molecule has 1 aromatic rings. The highest BCUT2D eigenvalue weighted by Crippen LogP contribution is 2.12. The van der Waals surface area contributed by atoms with Crippen molar-refractivity contribution in [2.75, 3.05) is 0 Å². The van der Waals surface area contributed by atoms with Crippen LogP contribution in [-0.4, -0.2) is 19.0 Å². The van der Waals surface area contributed by atoms with E-state index in [0.717, 1.165) is 11.3 Å². The maximum Gasteiger partial charge on any atom is 0.265 e. The van der Waals surface area contributed by atoms with E-state index in [1.54, 1.807) is 12.2 Å². The Morgan fingerprint density at radius 1 is 1.33 bits per heavy atom. The molecule has 1 rings (SSSR count). The number of amides is 2. The molecule has 0 atom stereocenters. The van der Waals surface area contributed by atoms with Crippen LogP contribution in [0.4, 0.5) is 5.69 Å². The Labute approximate surface area is 105 Å². The Bertz CT molecular complexity index is 501. The Balaban J connectivity index is 2.78. The molecule has 3 N–H and O–H groups in total. The molecule has 0 saturated carbocycles. The number of carbonyl (C=O) groups excluding carboxylic acids is 2. The molecular formula is C13H13N3O2. The van der Waals surface area contributed by atoms with Gasteiger partial charge < -0.3 is 11.1 Å². The van der Waals surface area contributed by atoms with E-state index in [1.807, 2.05) is 24.3 Å². The zero-order valence-corrected chi connectivity index (χ0v) is 9.67. The van der Waals surface area contributed by atoms with Crippen molar-refractivity contribution in [2.45, 2.75) is 0 Å². The molecule has 0 aliphatic rings. The van der Waals surface area contributed by atoms with Gasteiger partial charge in [-0.3, -0.25) is 14.6 Å².